The average molecular weight is 353 g/mol. The van der Waals surface area contributed by atoms with Crippen molar-refractivity contribution in [1.29, 1.82) is 0 Å². The molecule has 0 fully saturated rings. The summed E-state index contributed by atoms with van der Waals surface area (Å²) in [5, 5.41) is 13.3. The molecule has 3 N–H and O–H groups in total. The first-order valence-electron chi connectivity index (χ1n) is 7.44. The summed E-state index contributed by atoms with van der Waals surface area (Å²) in [5.41, 5.74) is 4.64. The minimum atomic E-state index is -0.155. The molecule has 0 saturated heterocycles. The summed E-state index contributed by atoms with van der Waals surface area (Å²) in [4.78, 5) is 12.4. The number of amides is 1. The van der Waals surface area contributed by atoms with Gasteiger partial charge in [-0.2, -0.15) is 16.9 Å². The molecule has 1 aliphatic heterocycles. The summed E-state index contributed by atoms with van der Waals surface area (Å²) in [6.45, 7) is 1.62. The third-order valence-corrected chi connectivity index (χ3v) is 4.44. The van der Waals surface area contributed by atoms with Crippen LogP contribution in [-0.4, -0.2) is 34.7 Å². The Morgan fingerprint density at radius 1 is 1.35 bits per heavy atom. The molecule has 0 bridgehead atoms. The Morgan fingerprint density at radius 3 is 2.87 bits per heavy atom. The van der Waals surface area contributed by atoms with Gasteiger partial charge in [0.15, 0.2) is 5.69 Å². The zero-order valence-electron chi connectivity index (χ0n) is 13.0. The van der Waals surface area contributed by atoms with E-state index in [4.69, 9.17) is 0 Å². The normalized spacial score (nSPS) is 13.1. The Kier molecular flexibility index (Phi) is 6.50. The number of hydrogen-bond donors (Lipinski definition) is 3. The summed E-state index contributed by atoms with van der Waals surface area (Å²) < 4.78 is 0. The molecule has 23 heavy (non-hydrogen) atoms. The average Bonchev–Trinajstić information content (AvgIpc) is 2.98. The van der Waals surface area contributed by atoms with Gasteiger partial charge < -0.3 is 10.6 Å². The lowest BCUT2D eigenvalue weighted by atomic mass is 10.1. The molecular formula is C16H21ClN4OS. The number of carbonyl (C=O) groups is 1. The van der Waals surface area contributed by atoms with Gasteiger partial charge in [-0.05, 0) is 36.1 Å². The Balaban J connectivity index is 0.00000192. The number of nitrogens with one attached hydrogen (secondary N) is 3. The van der Waals surface area contributed by atoms with Crippen molar-refractivity contribution < 1.29 is 4.79 Å². The number of hydrogen-bond acceptors (Lipinski definition) is 4. The molecule has 0 atom stereocenters. The van der Waals surface area contributed by atoms with E-state index in [-0.39, 0.29) is 18.3 Å². The van der Waals surface area contributed by atoms with Crippen LogP contribution in [0.2, 0.25) is 0 Å². The van der Waals surface area contributed by atoms with Crippen molar-refractivity contribution in [2.45, 2.75) is 19.4 Å². The fourth-order valence-electron chi connectivity index (χ4n) is 2.58. The highest BCUT2D eigenvalue weighted by molar-refractivity contribution is 7.98. The second-order valence-electron chi connectivity index (χ2n) is 5.35. The van der Waals surface area contributed by atoms with E-state index in [2.05, 4.69) is 39.2 Å². The minimum Gasteiger partial charge on any atom is -0.321 e. The maximum Gasteiger partial charge on any atom is 0.276 e. The molecule has 2 heterocycles. The third-order valence-electron chi connectivity index (χ3n) is 3.83. The molecule has 0 aliphatic carbocycles. The van der Waals surface area contributed by atoms with Gasteiger partial charge in [0.1, 0.15) is 0 Å². The van der Waals surface area contributed by atoms with Crippen molar-refractivity contribution >= 4 is 35.8 Å². The molecule has 1 aromatic heterocycles. The monoisotopic (exact) mass is 352 g/mol. The summed E-state index contributed by atoms with van der Waals surface area (Å²) in [6.07, 6.45) is 4.04. The molecule has 1 aliphatic rings. The quantitative estimate of drug-likeness (QED) is 0.773. The molecular weight excluding hydrogens is 332 g/mol. The Morgan fingerprint density at radius 2 is 2.13 bits per heavy atom. The van der Waals surface area contributed by atoms with Gasteiger partial charge in [0, 0.05) is 36.5 Å². The second-order valence-corrected chi connectivity index (χ2v) is 6.34. The van der Waals surface area contributed by atoms with Gasteiger partial charge >= 0.3 is 0 Å². The van der Waals surface area contributed by atoms with E-state index in [0.717, 1.165) is 42.1 Å². The number of aromatic nitrogens is 2. The van der Waals surface area contributed by atoms with E-state index < -0.39 is 0 Å². The highest BCUT2D eigenvalue weighted by atomic mass is 35.5. The van der Waals surface area contributed by atoms with Gasteiger partial charge in [0.05, 0.1) is 0 Å². The number of aromatic amines is 1. The predicted octanol–water partition coefficient (Wildman–Crippen LogP) is 2.64. The molecule has 1 aromatic carbocycles. The lowest BCUT2D eigenvalue weighted by Crippen LogP contribution is -2.25. The van der Waals surface area contributed by atoms with E-state index in [1.54, 1.807) is 0 Å². The Labute approximate surface area is 146 Å². The lowest BCUT2D eigenvalue weighted by molar-refractivity contribution is 0.102. The van der Waals surface area contributed by atoms with Crippen LogP contribution in [0.15, 0.2) is 24.3 Å². The zero-order chi connectivity index (χ0) is 15.4. The highest BCUT2D eigenvalue weighted by Gasteiger charge is 2.21. The molecule has 1 amide bonds. The van der Waals surface area contributed by atoms with Gasteiger partial charge in [-0.25, -0.2) is 0 Å². The topological polar surface area (TPSA) is 69.8 Å². The number of halogens is 1. The SMILES string of the molecule is CSCCc1ccc(NC(=O)c2n[nH]c3c2CNCC3)cc1.Cl. The minimum absolute atomic E-state index is 0. The van der Waals surface area contributed by atoms with Crippen LogP contribution in [0.5, 0.6) is 0 Å². The molecule has 2 aromatic rings. The first-order chi connectivity index (χ1) is 10.8. The van der Waals surface area contributed by atoms with E-state index >= 15 is 0 Å². The Bertz CT molecular complexity index is 657. The molecule has 7 heteroatoms. The summed E-state index contributed by atoms with van der Waals surface area (Å²) in [6, 6.07) is 8.02. The number of nitrogens with zero attached hydrogens (tertiary/aromatic N) is 1. The largest absolute Gasteiger partial charge is 0.321 e. The van der Waals surface area contributed by atoms with Gasteiger partial charge in [-0.15, -0.1) is 12.4 Å². The van der Waals surface area contributed by atoms with E-state index in [1.165, 1.54) is 5.56 Å². The Hall–Kier alpha value is -1.50. The number of aryl methyl sites for hydroxylation is 1. The van der Waals surface area contributed by atoms with Crippen molar-refractivity contribution in [1.82, 2.24) is 15.5 Å². The molecule has 0 saturated carbocycles. The van der Waals surface area contributed by atoms with Crippen molar-refractivity contribution in [3.05, 3.63) is 46.8 Å². The van der Waals surface area contributed by atoms with Crippen LogP contribution in [0.3, 0.4) is 0 Å². The molecule has 124 valence electrons. The fraction of sp³-hybridized carbons (Fsp3) is 0.375. The third kappa shape index (κ3) is 4.28. The van der Waals surface area contributed by atoms with Crippen LogP contribution in [0.4, 0.5) is 5.69 Å². The van der Waals surface area contributed by atoms with Gasteiger partial charge in [-0.3, -0.25) is 9.89 Å². The van der Waals surface area contributed by atoms with Crippen molar-refractivity contribution in [2.24, 2.45) is 0 Å². The van der Waals surface area contributed by atoms with Crippen LogP contribution >= 0.6 is 24.2 Å². The maximum absolute atomic E-state index is 12.4. The van der Waals surface area contributed by atoms with Crippen LogP contribution in [0.1, 0.15) is 27.3 Å². The predicted molar refractivity (Wildman–Crippen MR) is 97.7 cm³/mol. The molecule has 0 spiro atoms. The smallest absolute Gasteiger partial charge is 0.276 e. The van der Waals surface area contributed by atoms with Gasteiger partial charge in [0.2, 0.25) is 0 Å². The summed E-state index contributed by atoms with van der Waals surface area (Å²) in [5.74, 6) is 0.955. The molecule has 5 nitrogen and oxygen atoms in total. The molecule has 0 unspecified atom stereocenters. The number of thioether (sulfide) groups is 1. The molecule has 0 radical (unpaired) electrons. The zero-order valence-corrected chi connectivity index (χ0v) is 14.6. The van der Waals surface area contributed by atoms with Crippen molar-refractivity contribution in [3.8, 4) is 0 Å². The van der Waals surface area contributed by atoms with Gasteiger partial charge in [0.25, 0.3) is 5.91 Å². The van der Waals surface area contributed by atoms with E-state index in [1.807, 2.05) is 23.9 Å². The summed E-state index contributed by atoms with van der Waals surface area (Å²) in [7, 11) is 0. The number of carbonyl (C=O) groups excluding carboxylic acids is 1. The standard InChI is InChI=1S/C16H20N4OS.ClH/c1-22-9-7-11-2-4-12(5-3-11)18-16(21)15-13-10-17-8-6-14(13)19-20-15;/h2-5,17H,6-10H2,1H3,(H,18,21)(H,19,20);1H. The first kappa shape index (κ1) is 17.8. The molecule has 3 rings (SSSR count). The van der Waals surface area contributed by atoms with Crippen LogP contribution < -0.4 is 10.6 Å². The lowest BCUT2D eigenvalue weighted by Gasteiger charge is -2.13. The number of H-pyrrole nitrogens is 1. The number of anilines is 1. The first-order valence-corrected chi connectivity index (χ1v) is 8.83. The van der Waals surface area contributed by atoms with Crippen LogP contribution in [0.25, 0.3) is 0 Å². The van der Waals surface area contributed by atoms with Crippen LogP contribution in [0, 0.1) is 0 Å². The fourth-order valence-corrected chi connectivity index (χ4v) is 3.02. The summed E-state index contributed by atoms with van der Waals surface area (Å²) >= 11 is 1.84. The maximum atomic E-state index is 12.4. The number of rotatable bonds is 5. The number of benzene rings is 1. The van der Waals surface area contributed by atoms with Crippen LogP contribution in [-0.2, 0) is 19.4 Å². The second kappa shape index (κ2) is 8.38. The van der Waals surface area contributed by atoms with E-state index in [0.29, 0.717) is 12.2 Å². The van der Waals surface area contributed by atoms with Crippen molar-refractivity contribution in [3.63, 3.8) is 0 Å². The van der Waals surface area contributed by atoms with Crippen molar-refractivity contribution in [2.75, 3.05) is 23.9 Å². The van der Waals surface area contributed by atoms with E-state index in [9.17, 15) is 4.79 Å². The highest BCUT2D eigenvalue weighted by Crippen LogP contribution is 2.17. The number of fused-ring (bicyclic) bond motifs is 1. The van der Waals surface area contributed by atoms with Gasteiger partial charge in [-0.1, -0.05) is 12.1 Å².